The summed E-state index contributed by atoms with van der Waals surface area (Å²) >= 11 is 0. The molecule has 24 heavy (non-hydrogen) atoms. The predicted molar refractivity (Wildman–Crippen MR) is 94.4 cm³/mol. The van der Waals surface area contributed by atoms with Gasteiger partial charge in [0.2, 0.25) is 11.8 Å². The van der Waals surface area contributed by atoms with Gasteiger partial charge < -0.3 is 14.9 Å². The molecule has 0 saturated carbocycles. The lowest BCUT2D eigenvalue weighted by Crippen LogP contribution is -2.52. The highest BCUT2D eigenvalue weighted by Crippen LogP contribution is 2.37. The third-order valence-corrected chi connectivity index (χ3v) is 5.58. The Morgan fingerprint density at radius 3 is 2.42 bits per heavy atom. The molecule has 2 aliphatic rings. The number of nitrogens with zero attached hydrogens (tertiary/aromatic N) is 2. The predicted octanol–water partition coefficient (Wildman–Crippen LogP) is 2.34. The van der Waals surface area contributed by atoms with E-state index in [0.29, 0.717) is 25.9 Å². The van der Waals surface area contributed by atoms with Gasteiger partial charge in [-0.3, -0.25) is 9.59 Å². The van der Waals surface area contributed by atoms with Crippen LogP contribution >= 0.6 is 0 Å². The normalized spacial score (nSPS) is 24.7. The van der Waals surface area contributed by atoms with Gasteiger partial charge in [0, 0.05) is 38.5 Å². The minimum absolute atomic E-state index is 0.0341. The van der Waals surface area contributed by atoms with E-state index in [1.807, 2.05) is 11.0 Å². The van der Waals surface area contributed by atoms with Crippen molar-refractivity contribution in [1.82, 2.24) is 9.80 Å². The SMILES string of the molecule is C=CC[C@H]1N(C(=O)CCC(=O)N2CCC(O)CC2)CCCC1(C)C. The summed E-state index contributed by atoms with van der Waals surface area (Å²) in [5, 5.41) is 9.52. The number of hydrogen-bond donors (Lipinski definition) is 1. The fraction of sp³-hybridized carbons (Fsp3) is 0.789. The summed E-state index contributed by atoms with van der Waals surface area (Å²) in [5.74, 6) is 0.117. The van der Waals surface area contributed by atoms with Crippen LogP contribution in [0.15, 0.2) is 12.7 Å². The second kappa shape index (κ2) is 8.15. The zero-order valence-corrected chi connectivity index (χ0v) is 15.2. The molecule has 2 amide bonds. The van der Waals surface area contributed by atoms with Crippen molar-refractivity contribution in [1.29, 1.82) is 0 Å². The minimum atomic E-state index is -0.286. The number of carbonyl (C=O) groups excluding carboxylic acids is 2. The molecule has 2 saturated heterocycles. The smallest absolute Gasteiger partial charge is 0.223 e. The minimum Gasteiger partial charge on any atom is -0.393 e. The molecule has 0 aromatic heterocycles. The fourth-order valence-electron chi connectivity index (χ4n) is 3.98. The maximum atomic E-state index is 12.7. The first kappa shape index (κ1) is 19.0. The van der Waals surface area contributed by atoms with Gasteiger partial charge in [-0.15, -0.1) is 6.58 Å². The van der Waals surface area contributed by atoms with Gasteiger partial charge in [0.15, 0.2) is 0 Å². The topological polar surface area (TPSA) is 60.9 Å². The highest BCUT2D eigenvalue weighted by Gasteiger charge is 2.38. The Labute approximate surface area is 145 Å². The lowest BCUT2D eigenvalue weighted by Gasteiger charge is -2.46. The van der Waals surface area contributed by atoms with Crippen molar-refractivity contribution in [3.8, 4) is 0 Å². The Balaban J connectivity index is 1.88. The summed E-state index contributed by atoms with van der Waals surface area (Å²) in [6.45, 7) is 10.2. The molecule has 0 bridgehead atoms. The summed E-state index contributed by atoms with van der Waals surface area (Å²) in [7, 11) is 0. The molecule has 2 fully saturated rings. The number of aliphatic hydroxyl groups is 1. The van der Waals surface area contributed by atoms with Crippen molar-refractivity contribution in [2.75, 3.05) is 19.6 Å². The first-order valence-corrected chi connectivity index (χ1v) is 9.21. The Morgan fingerprint density at radius 1 is 1.17 bits per heavy atom. The molecule has 0 spiro atoms. The van der Waals surface area contributed by atoms with E-state index >= 15 is 0 Å². The van der Waals surface area contributed by atoms with Crippen LogP contribution in [0.1, 0.15) is 58.8 Å². The summed E-state index contributed by atoms with van der Waals surface area (Å²) in [6, 6.07) is 0.177. The van der Waals surface area contributed by atoms with E-state index in [1.165, 1.54) is 0 Å². The largest absolute Gasteiger partial charge is 0.393 e. The van der Waals surface area contributed by atoms with Crippen LogP contribution in [0.5, 0.6) is 0 Å². The van der Waals surface area contributed by atoms with Crippen molar-refractivity contribution in [3.63, 3.8) is 0 Å². The summed E-state index contributed by atoms with van der Waals surface area (Å²) in [6.07, 6.45) is 6.37. The zero-order chi connectivity index (χ0) is 17.7. The molecule has 5 nitrogen and oxygen atoms in total. The summed E-state index contributed by atoms with van der Waals surface area (Å²) in [4.78, 5) is 28.7. The third-order valence-electron chi connectivity index (χ3n) is 5.58. The number of hydrogen-bond acceptors (Lipinski definition) is 3. The van der Waals surface area contributed by atoms with Gasteiger partial charge >= 0.3 is 0 Å². The Morgan fingerprint density at radius 2 is 1.79 bits per heavy atom. The Hall–Kier alpha value is -1.36. The second-order valence-corrected chi connectivity index (χ2v) is 7.83. The number of piperidine rings is 2. The monoisotopic (exact) mass is 336 g/mol. The van der Waals surface area contributed by atoms with E-state index in [9.17, 15) is 14.7 Å². The maximum absolute atomic E-state index is 12.7. The van der Waals surface area contributed by atoms with E-state index in [-0.39, 0.29) is 42.2 Å². The van der Waals surface area contributed by atoms with Crippen molar-refractivity contribution in [3.05, 3.63) is 12.7 Å². The molecule has 1 N–H and O–H groups in total. The van der Waals surface area contributed by atoms with Gasteiger partial charge in [0.05, 0.1) is 6.10 Å². The molecule has 2 heterocycles. The average molecular weight is 336 g/mol. The second-order valence-electron chi connectivity index (χ2n) is 7.83. The molecular formula is C19H32N2O3. The van der Waals surface area contributed by atoms with Gasteiger partial charge in [-0.1, -0.05) is 19.9 Å². The highest BCUT2D eigenvalue weighted by molar-refractivity contribution is 5.84. The number of carbonyl (C=O) groups is 2. The number of rotatable bonds is 5. The van der Waals surface area contributed by atoms with E-state index in [2.05, 4.69) is 20.4 Å². The van der Waals surface area contributed by atoms with Gasteiger partial charge in [0.25, 0.3) is 0 Å². The van der Waals surface area contributed by atoms with Gasteiger partial charge in [-0.25, -0.2) is 0 Å². The molecule has 1 atom stereocenters. The molecule has 2 aliphatic heterocycles. The maximum Gasteiger partial charge on any atom is 0.223 e. The van der Waals surface area contributed by atoms with Crippen LogP contribution < -0.4 is 0 Å². The molecule has 5 heteroatoms. The fourth-order valence-corrected chi connectivity index (χ4v) is 3.98. The van der Waals surface area contributed by atoms with Crippen LogP contribution in [0.25, 0.3) is 0 Å². The van der Waals surface area contributed by atoms with E-state index in [4.69, 9.17) is 0 Å². The number of amides is 2. The first-order chi connectivity index (χ1) is 11.3. The average Bonchev–Trinajstić information content (AvgIpc) is 2.54. The first-order valence-electron chi connectivity index (χ1n) is 9.21. The van der Waals surface area contributed by atoms with Gasteiger partial charge in [-0.05, 0) is 37.5 Å². The molecule has 0 aliphatic carbocycles. The molecule has 0 radical (unpaired) electrons. The summed E-state index contributed by atoms with van der Waals surface area (Å²) < 4.78 is 0. The molecule has 0 aromatic carbocycles. The van der Waals surface area contributed by atoms with Crippen LogP contribution in [0.4, 0.5) is 0 Å². The quantitative estimate of drug-likeness (QED) is 0.784. The standard InChI is InChI=1S/C19H32N2O3/c1-4-6-16-19(2,3)11-5-12-21(16)18(24)8-7-17(23)20-13-9-15(22)10-14-20/h4,15-16,22H,1,5-14H2,2-3H3/t16-/m1/s1. The number of likely N-dealkylation sites (tertiary alicyclic amines) is 2. The van der Waals surface area contributed by atoms with Crippen LogP contribution in [0, 0.1) is 5.41 Å². The van der Waals surface area contributed by atoms with Crippen LogP contribution in [0.3, 0.4) is 0 Å². The van der Waals surface area contributed by atoms with Crippen LogP contribution in [-0.2, 0) is 9.59 Å². The Bertz CT molecular complexity index is 467. The van der Waals surface area contributed by atoms with Gasteiger partial charge in [-0.2, -0.15) is 0 Å². The zero-order valence-electron chi connectivity index (χ0n) is 15.2. The van der Waals surface area contributed by atoms with E-state index < -0.39 is 0 Å². The van der Waals surface area contributed by atoms with Gasteiger partial charge in [0.1, 0.15) is 0 Å². The molecule has 136 valence electrons. The Kier molecular flexibility index (Phi) is 6.44. The summed E-state index contributed by atoms with van der Waals surface area (Å²) in [5.41, 5.74) is 0.0924. The molecule has 2 rings (SSSR count). The number of aliphatic hydroxyl groups excluding tert-OH is 1. The van der Waals surface area contributed by atoms with E-state index in [1.54, 1.807) is 4.90 Å². The van der Waals surface area contributed by atoms with Crippen molar-refractivity contribution >= 4 is 11.8 Å². The highest BCUT2D eigenvalue weighted by atomic mass is 16.3. The van der Waals surface area contributed by atoms with Crippen molar-refractivity contribution in [2.24, 2.45) is 5.41 Å². The van der Waals surface area contributed by atoms with E-state index in [0.717, 1.165) is 25.8 Å². The molecule has 0 aromatic rings. The molecule has 0 unspecified atom stereocenters. The van der Waals surface area contributed by atoms with Crippen LogP contribution in [0.2, 0.25) is 0 Å². The molecular weight excluding hydrogens is 304 g/mol. The lowest BCUT2D eigenvalue weighted by molar-refractivity contribution is -0.142. The van der Waals surface area contributed by atoms with Crippen LogP contribution in [-0.4, -0.2) is 58.5 Å². The third kappa shape index (κ3) is 4.59. The lowest BCUT2D eigenvalue weighted by atomic mass is 9.75. The van der Waals surface area contributed by atoms with Crippen molar-refractivity contribution in [2.45, 2.75) is 70.9 Å². The van der Waals surface area contributed by atoms with Crippen molar-refractivity contribution < 1.29 is 14.7 Å².